The van der Waals surface area contributed by atoms with E-state index in [-0.39, 0.29) is 0 Å². The van der Waals surface area contributed by atoms with Crippen LogP contribution >= 0.6 is 0 Å². The zero-order valence-electron chi connectivity index (χ0n) is 7.86. The Morgan fingerprint density at radius 1 is 1.00 bits per heavy atom. The maximum absolute atomic E-state index is 9.75. The first-order valence-corrected chi connectivity index (χ1v) is 4.11. The van der Waals surface area contributed by atoms with Crippen LogP contribution in [0.4, 0.5) is 17.3 Å². The first-order valence-electron chi connectivity index (χ1n) is 4.11. The average Bonchev–Trinajstić information content (AvgIpc) is 1.82. The van der Waals surface area contributed by atoms with Gasteiger partial charge in [-0.1, -0.05) is 0 Å². The molecule has 0 aliphatic carbocycles. The van der Waals surface area contributed by atoms with Crippen LogP contribution in [0.25, 0.3) is 0 Å². The lowest BCUT2D eigenvalue weighted by molar-refractivity contribution is -0.891. The van der Waals surface area contributed by atoms with Crippen LogP contribution in [0.3, 0.4) is 0 Å². The van der Waals surface area contributed by atoms with Gasteiger partial charge in [0.15, 0.2) is 0 Å². The molecule has 1 N–H and O–H groups in total. The number of hydrogen-bond donors (Lipinski definition) is 1. The summed E-state index contributed by atoms with van der Waals surface area (Å²) in [6.45, 7) is 4.93. The fourth-order valence-corrected chi connectivity index (χ4v) is 1.00. The molecule has 0 atom stereocenters. The average molecular weight is 202 g/mol. The highest BCUT2D eigenvalue weighted by Crippen LogP contribution is 2.06. The van der Waals surface area contributed by atoms with Crippen LogP contribution in [0, 0.1) is 0 Å². The minimum Gasteiger partial charge on any atom is -0.418 e. The molecule has 0 amide bonds. The van der Waals surface area contributed by atoms with Crippen molar-refractivity contribution in [3.8, 4) is 0 Å². The molecular weight excluding hydrogens is 187 g/mol. The normalized spacial score (nSPS) is 21.7. The Bertz CT molecular complexity index is 134. The summed E-state index contributed by atoms with van der Waals surface area (Å²) in [6, 6.07) is 0. The van der Waals surface area contributed by atoms with E-state index in [2.05, 4.69) is 19.4 Å². The summed E-state index contributed by atoms with van der Waals surface area (Å²) >= 11 is 0. The minimum atomic E-state index is -6.00. The fourth-order valence-electron chi connectivity index (χ4n) is 1.00. The third-order valence-electron chi connectivity index (χ3n) is 1.79. The van der Waals surface area contributed by atoms with Crippen LogP contribution in [-0.4, -0.2) is 52.0 Å². The van der Waals surface area contributed by atoms with Gasteiger partial charge in [-0.15, -0.1) is 0 Å². The Balaban J connectivity index is 0.000000252. The van der Waals surface area contributed by atoms with Gasteiger partial charge in [0.05, 0.1) is 27.2 Å². The lowest BCUT2D eigenvalue weighted by Gasteiger charge is -2.33. The molecule has 1 saturated heterocycles. The monoisotopic (exact) mass is 202 g/mol. The molecule has 0 aromatic carbocycles. The Morgan fingerprint density at radius 3 is 1.46 bits per heavy atom. The predicted molar refractivity (Wildman–Crippen MR) is 44.9 cm³/mol. The van der Waals surface area contributed by atoms with Crippen molar-refractivity contribution in [2.45, 2.75) is 0 Å². The molecule has 0 saturated carbocycles. The van der Waals surface area contributed by atoms with Crippen molar-refractivity contribution in [3.05, 3.63) is 0 Å². The number of quaternary nitrogens is 1. The van der Waals surface area contributed by atoms with Gasteiger partial charge in [-0.3, -0.25) is 0 Å². The molecule has 0 radical (unpaired) electrons. The van der Waals surface area contributed by atoms with Crippen LogP contribution < -0.4 is 5.32 Å². The molecule has 7 heteroatoms. The second-order valence-corrected chi connectivity index (χ2v) is 3.63. The van der Waals surface area contributed by atoms with Crippen LogP contribution in [0.15, 0.2) is 0 Å². The fraction of sp³-hybridized carbons (Fsp3) is 1.00. The summed E-state index contributed by atoms with van der Waals surface area (Å²) in [5, 5.41) is 3.32. The maximum Gasteiger partial charge on any atom is 0.673 e. The van der Waals surface area contributed by atoms with Crippen molar-refractivity contribution in [3.63, 3.8) is 0 Å². The highest BCUT2D eigenvalue weighted by Gasteiger charge is 2.20. The SMILES string of the molecule is C[N+]1(C)CCNCC1.F[B-](F)(F)F. The predicted octanol–water partition coefficient (Wildman–Crippen LogP) is 0.966. The number of piperazine rings is 1. The zero-order valence-corrected chi connectivity index (χ0v) is 7.86. The summed E-state index contributed by atoms with van der Waals surface area (Å²) < 4.78 is 40.2. The van der Waals surface area contributed by atoms with Gasteiger partial charge in [0, 0.05) is 13.1 Å². The molecule has 1 aliphatic rings. The third-order valence-corrected chi connectivity index (χ3v) is 1.79. The molecule has 0 aromatic rings. The molecular formula is C6H15BF4N2. The first kappa shape index (κ1) is 12.7. The number of hydrogen-bond acceptors (Lipinski definition) is 1. The van der Waals surface area contributed by atoms with Crippen molar-refractivity contribution < 1.29 is 21.7 Å². The largest absolute Gasteiger partial charge is 0.673 e. The minimum absolute atomic E-state index is 1.19. The van der Waals surface area contributed by atoms with Gasteiger partial charge < -0.3 is 27.1 Å². The molecule has 0 aromatic heterocycles. The van der Waals surface area contributed by atoms with Crippen molar-refractivity contribution in [2.24, 2.45) is 0 Å². The standard InChI is InChI=1S/C6H15N2.BF4/c1-8(2)5-3-7-4-6-8;2-1(3,4)5/h7H,3-6H2,1-2H3;/q+1;-1. The van der Waals surface area contributed by atoms with E-state index < -0.39 is 7.25 Å². The van der Waals surface area contributed by atoms with Gasteiger partial charge in [0.2, 0.25) is 0 Å². The van der Waals surface area contributed by atoms with Gasteiger partial charge in [0.1, 0.15) is 0 Å². The highest BCUT2D eigenvalue weighted by atomic mass is 19.5. The molecule has 1 fully saturated rings. The Morgan fingerprint density at radius 2 is 1.31 bits per heavy atom. The van der Waals surface area contributed by atoms with E-state index in [1.54, 1.807) is 0 Å². The van der Waals surface area contributed by atoms with Crippen molar-refractivity contribution in [1.29, 1.82) is 0 Å². The molecule has 13 heavy (non-hydrogen) atoms. The van der Waals surface area contributed by atoms with Gasteiger partial charge in [-0.25, -0.2) is 0 Å². The maximum atomic E-state index is 9.75. The Hall–Kier alpha value is -0.295. The van der Waals surface area contributed by atoms with Crippen LogP contribution in [0.2, 0.25) is 0 Å². The van der Waals surface area contributed by atoms with E-state index in [0.29, 0.717) is 0 Å². The van der Waals surface area contributed by atoms with Gasteiger partial charge in [-0.2, -0.15) is 0 Å². The Kier molecular flexibility index (Phi) is 4.70. The lowest BCUT2D eigenvalue weighted by Crippen LogP contribution is -2.53. The molecule has 0 bridgehead atoms. The van der Waals surface area contributed by atoms with Crippen LogP contribution in [0.5, 0.6) is 0 Å². The van der Waals surface area contributed by atoms with E-state index in [0.717, 1.165) is 0 Å². The van der Waals surface area contributed by atoms with Crippen molar-refractivity contribution in [2.75, 3.05) is 40.3 Å². The van der Waals surface area contributed by atoms with E-state index in [1.165, 1.54) is 30.7 Å². The quantitative estimate of drug-likeness (QED) is 0.350. The number of rotatable bonds is 0. The van der Waals surface area contributed by atoms with E-state index >= 15 is 0 Å². The van der Waals surface area contributed by atoms with Crippen molar-refractivity contribution >= 4 is 7.25 Å². The summed E-state index contributed by atoms with van der Waals surface area (Å²) in [7, 11) is -1.44. The molecule has 0 unspecified atom stereocenters. The van der Waals surface area contributed by atoms with Gasteiger partial charge in [0.25, 0.3) is 0 Å². The third kappa shape index (κ3) is 11.7. The summed E-state index contributed by atoms with van der Waals surface area (Å²) in [5.74, 6) is 0. The number of likely N-dealkylation sites (N-methyl/N-ethyl adjacent to an activating group) is 1. The lowest BCUT2D eigenvalue weighted by atomic mass is 10.3. The second-order valence-electron chi connectivity index (χ2n) is 3.63. The second kappa shape index (κ2) is 4.81. The molecule has 0 spiro atoms. The Labute approximate surface area is 75.6 Å². The first-order chi connectivity index (χ1) is 5.71. The van der Waals surface area contributed by atoms with Crippen molar-refractivity contribution in [1.82, 2.24) is 5.32 Å². The molecule has 2 nitrogen and oxygen atoms in total. The van der Waals surface area contributed by atoms with E-state index in [9.17, 15) is 17.3 Å². The summed E-state index contributed by atoms with van der Waals surface area (Å²) in [5.41, 5.74) is 0. The van der Waals surface area contributed by atoms with E-state index in [1.807, 2.05) is 0 Å². The molecule has 1 heterocycles. The van der Waals surface area contributed by atoms with Crippen LogP contribution in [0.1, 0.15) is 0 Å². The number of nitrogens with one attached hydrogen (secondary N) is 1. The molecule has 1 aliphatic heterocycles. The highest BCUT2D eigenvalue weighted by molar-refractivity contribution is 6.50. The van der Waals surface area contributed by atoms with Gasteiger partial charge >= 0.3 is 7.25 Å². The topological polar surface area (TPSA) is 12.0 Å². The van der Waals surface area contributed by atoms with E-state index in [4.69, 9.17) is 0 Å². The number of halogens is 4. The summed E-state index contributed by atoms with van der Waals surface area (Å²) in [4.78, 5) is 0. The summed E-state index contributed by atoms with van der Waals surface area (Å²) in [6.07, 6.45) is 0. The zero-order chi connectivity index (χ0) is 10.5. The smallest absolute Gasteiger partial charge is 0.418 e. The van der Waals surface area contributed by atoms with Crippen LogP contribution in [-0.2, 0) is 0 Å². The van der Waals surface area contributed by atoms with Gasteiger partial charge in [-0.05, 0) is 0 Å². The number of nitrogens with zero attached hydrogens (tertiary/aromatic N) is 1. The molecule has 1 rings (SSSR count). The molecule has 80 valence electrons.